The van der Waals surface area contributed by atoms with Crippen molar-refractivity contribution in [2.75, 3.05) is 6.61 Å². The summed E-state index contributed by atoms with van der Waals surface area (Å²) in [6.07, 6.45) is 0. The predicted molar refractivity (Wildman–Crippen MR) is 108 cm³/mol. The Morgan fingerprint density at radius 3 is 2.10 bits per heavy atom. The molecule has 0 N–H and O–H groups in total. The summed E-state index contributed by atoms with van der Waals surface area (Å²) in [5.41, 5.74) is 0.480. The minimum atomic E-state index is -0.819. The number of rotatable bonds is 4. The van der Waals surface area contributed by atoms with Crippen LogP contribution in [-0.4, -0.2) is 47.9 Å². The van der Waals surface area contributed by atoms with Crippen molar-refractivity contribution in [2.24, 2.45) is 4.99 Å². The van der Waals surface area contributed by atoms with Crippen molar-refractivity contribution in [3.05, 3.63) is 79.6 Å². The zero-order valence-electron chi connectivity index (χ0n) is 15.0. The number of benzene rings is 2. The molecular weight excluding hydrogens is 484 g/mol. The molecule has 3 rings (SSSR count). The molecule has 0 aliphatic carbocycles. The molecule has 0 aliphatic heterocycles. The number of hydrogen-bond acceptors (Lipinski definition) is 5. The van der Waals surface area contributed by atoms with Crippen molar-refractivity contribution in [3.8, 4) is 0 Å². The summed E-state index contributed by atoms with van der Waals surface area (Å²) in [6, 6.07) is 12.4. The standard InChI is InChI=1S/C19H13Cl2N3O4Se/c1-2-28-19(27)15-17(22-16(25)11-3-7-13(20)8-4-11)29-24(23-15)18(26)12-5-9-14(21)10-6-12/h3-10H,2H2,1H3. The molecule has 0 aliphatic rings. The fourth-order valence-corrected chi connectivity index (χ4v) is 4.17. The molecule has 0 atom stereocenters. The molecule has 0 saturated heterocycles. The summed E-state index contributed by atoms with van der Waals surface area (Å²) in [6.45, 7) is 1.76. The molecule has 0 unspecified atom stereocenters. The number of aromatic nitrogens is 2. The van der Waals surface area contributed by atoms with Crippen LogP contribution in [0.1, 0.15) is 38.1 Å². The van der Waals surface area contributed by atoms with E-state index in [0.29, 0.717) is 21.2 Å². The molecule has 7 nitrogen and oxygen atoms in total. The summed E-state index contributed by atoms with van der Waals surface area (Å²) >= 11 is 10.9. The van der Waals surface area contributed by atoms with E-state index in [0.717, 1.165) is 3.68 Å². The van der Waals surface area contributed by atoms with Gasteiger partial charge in [0, 0.05) is 0 Å². The minimum absolute atomic E-state index is 0.109. The number of carbonyl (C=O) groups is 3. The van der Waals surface area contributed by atoms with E-state index in [1.165, 1.54) is 12.1 Å². The van der Waals surface area contributed by atoms with E-state index >= 15 is 0 Å². The summed E-state index contributed by atoms with van der Waals surface area (Å²) in [7, 11) is 0. The maximum atomic E-state index is 12.7. The van der Waals surface area contributed by atoms with Crippen LogP contribution in [-0.2, 0) is 4.74 Å². The SMILES string of the molecule is CCOC(=O)c1nn(C(=O)c2ccc(Cl)cc2)[se]c1=NC(=O)c1ccc(Cl)cc1. The van der Waals surface area contributed by atoms with E-state index in [-0.39, 0.29) is 16.5 Å². The van der Waals surface area contributed by atoms with Gasteiger partial charge in [0.05, 0.1) is 0 Å². The van der Waals surface area contributed by atoms with Crippen molar-refractivity contribution < 1.29 is 19.1 Å². The second-order valence-corrected chi connectivity index (χ2v) is 8.37. The van der Waals surface area contributed by atoms with Crippen LogP contribution in [0, 0.1) is 0 Å². The Morgan fingerprint density at radius 2 is 1.55 bits per heavy atom. The van der Waals surface area contributed by atoms with Gasteiger partial charge in [0.25, 0.3) is 0 Å². The first-order valence-electron chi connectivity index (χ1n) is 8.31. The zero-order valence-corrected chi connectivity index (χ0v) is 18.2. The van der Waals surface area contributed by atoms with Crippen LogP contribution < -0.4 is 4.23 Å². The third-order valence-corrected chi connectivity index (χ3v) is 5.94. The molecule has 1 amide bonds. The van der Waals surface area contributed by atoms with Crippen LogP contribution in [0.25, 0.3) is 0 Å². The van der Waals surface area contributed by atoms with E-state index in [2.05, 4.69) is 10.1 Å². The van der Waals surface area contributed by atoms with Crippen LogP contribution in [0.5, 0.6) is 0 Å². The molecule has 1 heterocycles. The van der Waals surface area contributed by atoms with Crippen LogP contribution in [0.4, 0.5) is 0 Å². The molecule has 0 saturated carbocycles. The molecule has 0 radical (unpaired) electrons. The van der Waals surface area contributed by atoms with Crippen molar-refractivity contribution in [2.45, 2.75) is 6.92 Å². The van der Waals surface area contributed by atoms with Gasteiger partial charge in [0.1, 0.15) is 0 Å². The van der Waals surface area contributed by atoms with Gasteiger partial charge < -0.3 is 0 Å². The van der Waals surface area contributed by atoms with Gasteiger partial charge in [-0.05, 0) is 0 Å². The third-order valence-electron chi connectivity index (χ3n) is 3.59. The molecule has 2 aromatic carbocycles. The quantitative estimate of drug-likeness (QED) is 0.409. The Balaban J connectivity index is 2.03. The average Bonchev–Trinajstić information content (AvgIpc) is 3.12. The number of amides is 1. The first-order chi connectivity index (χ1) is 13.9. The Bertz CT molecular complexity index is 1140. The maximum absolute atomic E-state index is 12.7. The molecule has 148 valence electrons. The third kappa shape index (κ3) is 5.10. The number of esters is 1. The number of halogens is 2. The van der Waals surface area contributed by atoms with E-state index in [1.54, 1.807) is 43.3 Å². The van der Waals surface area contributed by atoms with Gasteiger partial charge in [-0.1, -0.05) is 0 Å². The fraction of sp³-hybridized carbons (Fsp3) is 0.105. The molecule has 0 spiro atoms. The Morgan fingerprint density at radius 1 is 1.00 bits per heavy atom. The van der Waals surface area contributed by atoms with Crippen LogP contribution >= 0.6 is 23.2 Å². The normalized spacial score (nSPS) is 11.3. The first-order valence-corrected chi connectivity index (χ1v) is 10.7. The molecular formula is C19H13Cl2N3O4Se. The van der Waals surface area contributed by atoms with Gasteiger partial charge in [-0.3, -0.25) is 0 Å². The molecule has 1 aromatic heterocycles. The Hall–Kier alpha value is -2.51. The second kappa shape index (κ2) is 9.32. The number of hydrogen-bond donors (Lipinski definition) is 0. The number of nitrogens with zero attached hydrogens (tertiary/aromatic N) is 3. The monoisotopic (exact) mass is 497 g/mol. The van der Waals surface area contributed by atoms with Crippen LogP contribution in [0.2, 0.25) is 10.0 Å². The van der Waals surface area contributed by atoms with E-state index in [4.69, 9.17) is 27.9 Å². The van der Waals surface area contributed by atoms with E-state index in [1.807, 2.05) is 0 Å². The van der Waals surface area contributed by atoms with Gasteiger partial charge in [0.2, 0.25) is 0 Å². The summed E-state index contributed by atoms with van der Waals surface area (Å²) < 4.78 is 6.21. The Kier molecular flexibility index (Phi) is 6.82. The van der Waals surface area contributed by atoms with Crippen LogP contribution in [0.3, 0.4) is 0 Å². The van der Waals surface area contributed by atoms with E-state index in [9.17, 15) is 14.4 Å². The van der Waals surface area contributed by atoms with Crippen molar-refractivity contribution in [1.82, 2.24) is 8.78 Å². The van der Waals surface area contributed by atoms with Gasteiger partial charge >= 0.3 is 182 Å². The first kappa shape index (κ1) is 21.2. The van der Waals surface area contributed by atoms with Gasteiger partial charge in [-0.2, -0.15) is 0 Å². The van der Waals surface area contributed by atoms with Gasteiger partial charge in [-0.15, -0.1) is 0 Å². The Labute approximate surface area is 181 Å². The summed E-state index contributed by atoms with van der Waals surface area (Å²) in [5, 5.41) is 5.03. The number of ether oxygens (including phenoxy) is 1. The number of carbonyl (C=O) groups excluding carboxylic acids is 3. The summed E-state index contributed by atoms with van der Waals surface area (Å²) in [5.74, 6) is -1.76. The molecule has 10 heteroatoms. The second-order valence-electron chi connectivity index (χ2n) is 5.57. The molecule has 29 heavy (non-hydrogen) atoms. The summed E-state index contributed by atoms with van der Waals surface area (Å²) in [4.78, 5) is 41.5. The topological polar surface area (TPSA) is 90.6 Å². The van der Waals surface area contributed by atoms with Crippen LogP contribution in [0.15, 0.2) is 53.5 Å². The van der Waals surface area contributed by atoms with Crippen molar-refractivity contribution in [1.29, 1.82) is 0 Å². The van der Waals surface area contributed by atoms with Crippen molar-refractivity contribution in [3.63, 3.8) is 0 Å². The average molecular weight is 497 g/mol. The zero-order chi connectivity index (χ0) is 21.0. The molecule has 0 fully saturated rings. The predicted octanol–water partition coefficient (Wildman–Crippen LogP) is 2.85. The molecule has 3 aromatic rings. The fourth-order valence-electron chi connectivity index (χ4n) is 2.22. The van der Waals surface area contributed by atoms with Crippen molar-refractivity contribution >= 4 is 55.7 Å². The van der Waals surface area contributed by atoms with Gasteiger partial charge in [0.15, 0.2) is 0 Å². The van der Waals surface area contributed by atoms with E-state index < -0.39 is 32.5 Å². The molecule has 0 bridgehead atoms. The van der Waals surface area contributed by atoms with Gasteiger partial charge in [-0.25, -0.2) is 0 Å².